The number of ketones is 1. The van der Waals surface area contributed by atoms with Crippen LogP contribution in [-0.2, 0) is 4.79 Å². The molecule has 3 heteroatoms. The average Bonchev–Trinajstić information content (AvgIpc) is 2.53. The van der Waals surface area contributed by atoms with Crippen LogP contribution in [0.15, 0.2) is 59.1 Å². The van der Waals surface area contributed by atoms with Crippen LogP contribution in [0.4, 0.5) is 5.69 Å². The van der Waals surface area contributed by atoms with E-state index >= 15 is 0 Å². The monoisotopic (exact) mass is 345 g/mol. The molecule has 1 N–H and O–H groups in total. The minimum absolute atomic E-state index is 0.0204. The van der Waals surface area contributed by atoms with Crippen molar-refractivity contribution in [3.63, 3.8) is 0 Å². The Bertz CT molecular complexity index is 580. The molecule has 110 valence electrons. The molecule has 0 amide bonds. The Morgan fingerprint density at radius 1 is 1.10 bits per heavy atom. The highest BCUT2D eigenvalue weighted by atomic mass is 79.9. The molecule has 2 aromatic carbocycles. The summed E-state index contributed by atoms with van der Waals surface area (Å²) in [6, 6.07) is 18.1. The fraction of sp³-hybridized carbons (Fsp3) is 0.278. The molecule has 0 aliphatic carbocycles. The molecule has 2 nitrogen and oxygen atoms in total. The molecule has 2 rings (SSSR count). The third-order valence-electron chi connectivity index (χ3n) is 3.68. The Kier molecular flexibility index (Phi) is 5.57. The second kappa shape index (κ2) is 7.41. The largest absolute Gasteiger partial charge is 0.378 e. The van der Waals surface area contributed by atoms with E-state index in [1.54, 1.807) is 0 Å². The number of nitrogens with one attached hydrogen (secondary N) is 1. The average molecular weight is 346 g/mol. The van der Waals surface area contributed by atoms with Crippen LogP contribution >= 0.6 is 15.9 Å². The zero-order valence-corrected chi connectivity index (χ0v) is 13.9. The van der Waals surface area contributed by atoms with Gasteiger partial charge in [-0.3, -0.25) is 4.79 Å². The summed E-state index contributed by atoms with van der Waals surface area (Å²) in [7, 11) is 0. The van der Waals surface area contributed by atoms with Crippen molar-refractivity contribution in [3.05, 3.63) is 64.6 Å². The van der Waals surface area contributed by atoms with Crippen LogP contribution in [0.1, 0.15) is 31.9 Å². The van der Waals surface area contributed by atoms with Crippen LogP contribution < -0.4 is 5.32 Å². The van der Waals surface area contributed by atoms with E-state index in [9.17, 15) is 4.79 Å². The van der Waals surface area contributed by atoms with Crippen LogP contribution in [0.2, 0.25) is 0 Å². The standard InChI is InChI=1S/C18H20BrNO/c1-3-17(21)13(2)18(14-9-11-15(19)12-10-14)20-16-7-5-4-6-8-16/h4-13,18,20H,3H2,1-2H3/t13-,18-/m0/s1. The highest BCUT2D eigenvalue weighted by Crippen LogP contribution is 2.29. The smallest absolute Gasteiger partial charge is 0.137 e. The zero-order chi connectivity index (χ0) is 15.2. The van der Waals surface area contributed by atoms with Crippen molar-refractivity contribution in [2.24, 2.45) is 5.92 Å². The van der Waals surface area contributed by atoms with Crippen LogP contribution in [0, 0.1) is 5.92 Å². The molecule has 0 saturated carbocycles. The van der Waals surface area contributed by atoms with E-state index in [-0.39, 0.29) is 17.7 Å². The molecule has 0 radical (unpaired) electrons. The van der Waals surface area contributed by atoms with Gasteiger partial charge in [0.25, 0.3) is 0 Å². The van der Waals surface area contributed by atoms with Crippen molar-refractivity contribution < 1.29 is 4.79 Å². The number of rotatable bonds is 6. The Hall–Kier alpha value is -1.61. The maximum Gasteiger partial charge on any atom is 0.137 e. The number of carbonyl (C=O) groups is 1. The first-order valence-corrected chi connectivity index (χ1v) is 8.01. The molecule has 0 unspecified atom stereocenters. The van der Waals surface area contributed by atoms with E-state index in [4.69, 9.17) is 0 Å². The van der Waals surface area contributed by atoms with Crippen molar-refractivity contribution in [1.29, 1.82) is 0 Å². The van der Waals surface area contributed by atoms with Gasteiger partial charge in [-0.15, -0.1) is 0 Å². The molecule has 0 saturated heterocycles. The topological polar surface area (TPSA) is 29.1 Å². The van der Waals surface area contributed by atoms with Gasteiger partial charge in [0.05, 0.1) is 6.04 Å². The van der Waals surface area contributed by atoms with Gasteiger partial charge in [-0.1, -0.05) is 60.1 Å². The van der Waals surface area contributed by atoms with Gasteiger partial charge < -0.3 is 5.32 Å². The van der Waals surface area contributed by atoms with Gasteiger partial charge in [0.15, 0.2) is 0 Å². The number of halogens is 1. The van der Waals surface area contributed by atoms with Crippen LogP contribution in [0.5, 0.6) is 0 Å². The number of hydrogen-bond donors (Lipinski definition) is 1. The Labute approximate surface area is 134 Å². The van der Waals surface area contributed by atoms with E-state index in [1.807, 2.05) is 56.3 Å². The lowest BCUT2D eigenvalue weighted by molar-refractivity contribution is -0.122. The number of carbonyl (C=O) groups excluding carboxylic acids is 1. The van der Waals surface area contributed by atoms with E-state index < -0.39 is 0 Å². The maximum atomic E-state index is 12.1. The predicted octanol–water partition coefficient (Wildman–Crippen LogP) is 5.22. The fourth-order valence-electron chi connectivity index (χ4n) is 2.39. The normalized spacial score (nSPS) is 13.5. The third-order valence-corrected chi connectivity index (χ3v) is 4.21. The summed E-state index contributed by atoms with van der Waals surface area (Å²) >= 11 is 3.45. The van der Waals surface area contributed by atoms with Crippen molar-refractivity contribution in [2.75, 3.05) is 5.32 Å². The number of Topliss-reactive ketones (excluding diaryl/α,β-unsaturated/α-hetero) is 1. The first-order chi connectivity index (χ1) is 10.1. The molecular weight excluding hydrogens is 326 g/mol. The molecular formula is C18H20BrNO. The van der Waals surface area contributed by atoms with Gasteiger partial charge in [0.2, 0.25) is 0 Å². The van der Waals surface area contributed by atoms with Gasteiger partial charge in [0.1, 0.15) is 5.78 Å². The van der Waals surface area contributed by atoms with Gasteiger partial charge in [-0.25, -0.2) is 0 Å². The van der Waals surface area contributed by atoms with Crippen molar-refractivity contribution in [3.8, 4) is 0 Å². The van der Waals surface area contributed by atoms with E-state index in [0.29, 0.717) is 6.42 Å². The van der Waals surface area contributed by atoms with Crippen molar-refractivity contribution in [1.82, 2.24) is 0 Å². The van der Waals surface area contributed by atoms with Crippen molar-refractivity contribution in [2.45, 2.75) is 26.3 Å². The summed E-state index contributed by atoms with van der Waals surface area (Å²) in [6.45, 7) is 3.91. The summed E-state index contributed by atoms with van der Waals surface area (Å²) in [5.41, 5.74) is 2.15. The second-order valence-corrected chi connectivity index (χ2v) is 6.06. The summed E-state index contributed by atoms with van der Waals surface area (Å²) in [5, 5.41) is 3.49. The lowest BCUT2D eigenvalue weighted by Gasteiger charge is -2.26. The Morgan fingerprint density at radius 3 is 2.29 bits per heavy atom. The minimum Gasteiger partial charge on any atom is -0.378 e. The van der Waals surface area contributed by atoms with Gasteiger partial charge in [0, 0.05) is 22.5 Å². The number of benzene rings is 2. The first-order valence-electron chi connectivity index (χ1n) is 7.21. The molecule has 2 aromatic rings. The molecule has 21 heavy (non-hydrogen) atoms. The van der Waals surface area contributed by atoms with Crippen molar-refractivity contribution >= 4 is 27.4 Å². The Balaban J connectivity index is 2.29. The molecule has 0 heterocycles. The van der Waals surface area contributed by atoms with Crippen LogP contribution in [0.3, 0.4) is 0 Å². The lowest BCUT2D eigenvalue weighted by atomic mass is 9.90. The molecule has 0 fully saturated rings. The molecule has 2 atom stereocenters. The first kappa shape index (κ1) is 15.8. The second-order valence-electron chi connectivity index (χ2n) is 5.15. The van der Waals surface area contributed by atoms with Gasteiger partial charge in [-0.05, 0) is 29.8 Å². The summed E-state index contributed by atoms with van der Waals surface area (Å²) in [4.78, 5) is 12.1. The minimum atomic E-state index is -0.0728. The third kappa shape index (κ3) is 4.18. The summed E-state index contributed by atoms with van der Waals surface area (Å²) < 4.78 is 1.04. The van der Waals surface area contributed by atoms with E-state index in [2.05, 4.69) is 33.4 Å². The molecule has 0 aliphatic rings. The van der Waals surface area contributed by atoms with Crippen LogP contribution in [0.25, 0.3) is 0 Å². The van der Waals surface area contributed by atoms with E-state index in [0.717, 1.165) is 15.7 Å². The zero-order valence-electron chi connectivity index (χ0n) is 12.3. The predicted molar refractivity (Wildman–Crippen MR) is 91.4 cm³/mol. The molecule has 0 aliphatic heterocycles. The van der Waals surface area contributed by atoms with E-state index in [1.165, 1.54) is 0 Å². The lowest BCUT2D eigenvalue weighted by Crippen LogP contribution is -2.25. The molecule has 0 spiro atoms. The summed E-state index contributed by atoms with van der Waals surface area (Å²) in [6.07, 6.45) is 0.560. The van der Waals surface area contributed by atoms with Gasteiger partial charge in [-0.2, -0.15) is 0 Å². The highest BCUT2D eigenvalue weighted by Gasteiger charge is 2.24. The number of anilines is 1. The molecule has 0 aromatic heterocycles. The Morgan fingerprint density at radius 2 is 1.71 bits per heavy atom. The fourth-order valence-corrected chi connectivity index (χ4v) is 2.65. The quantitative estimate of drug-likeness (QED) is 0.777. The SMILES string of the molecule is CCC(=O)[C@H](C)[C@H](Nc1ccccc1)c1ccc(Br)cc1. The number of hydrogen-bond acceptors (Lipinski definition) is 2. The van der Waals surface area contributed by atoms with Crippen LogP contribution in [-0.4, -0.2) is 5.78 Å². The van der Waals surface area contributed by atoms with Gasteiger partial charge >= 0.3 is 0 Å². The molecule has 0 bridgehead atoms. The maximum absolute atomic E-state index is 12.1. The summed E-state index contributed by atoms with van der Waals surface area (Å²) in [5.74, 6) is 0.197. The number of para-hydroxylation sites is 1. The highest BCUT2D eigenvalue weighted by molar-refractivity contribution is 9.10.